The molecule has 0 aliphatic rings. The van der Waals surface area contributed by atoms with E-state index < -0.39 is 0 Å². The highest BCUT2D eigenvalue weighted by Gasteiger charge is 2.08. The molecule has 0 atom stereocenters. The van der Waals surface area contributed by atoms with Gasteiger partial charge in [0.25, 0.3) is 0 Å². The molecule has 1 heterocycles. The molecule has 1 N–H and O–H groups in total. The van der Waals surface area contributed by atoms with Gasteiger partial charge < -0.3 is 5.32 Å². The zero-order valence-corrected chi connectivity index (χ0v) is 12.1. The van der Waals surface area contributed by atoms with Crippen molar-refractivity contribution >= 4 is 49.8 Å². The van der Waals surface area contributed by atoms with Crippen molar-refractivity contribution in [3.05, 3.63) is 58.2 Å². The Kier molecular flexibility index (Phi) is 3.36. The summed E-state index contributed by atoms with van der Waals surface area (Å²) in [5.74, 6) is 0.687. The predicted molar refractivity (Wildman–Crippen MR) is 82.0 cm³/mol. The molecular formula is C14H9BrClN3. The SMILES string of the molecule is Clc1nnc(Nc2ccccc2Br)c2ccccc12. The molecule has 5 heteroatoms. The molecule has 0 saturated heterocycles. The lowest BCUT2D eigenvalue weighted by Crippen LogP contribution is -1.98. The normalized spacial score (nSPS) is 10.6. The van der Waals surface area contributed by atoms with Crippen LogP contribution in [0.2, 0.25) is 5.15 Å². The fourth-order valence-electron chi connectivity index (χ4n) is 1.85. The number of para-hydroxylation sites is 1. The molecule has 19 heavy (non-hydrogen) atoms. The first-order valence-corrected chi connectivity index (χ1v) is 6.85. The maximum Gasteiger partial charge on any atom is 0.161 e. The van der Waals surface area contributed by atoms with E-state index in [1.54, 1.807) is 0 Å². The molecule has 0 unspecified atom stereocenters. The maximum absolute atomic E-state index is 6.05. The molecule has 3 aromatic rings. The summed E-state index contributed by atoms with van der Waals surface area (Å²) in [4.78, 5) is 0. The minimum atomic E-state index is 0.410. The Morgan fingerprint density at radius 3 is 2.37 bits per heavy atom. The van der Waals surface area contributed by atoms with Crippen LogP contribution in [0.1, 0.15) is 0 Å². The molecule has 94 valence electrons. The second-order valence-electron chi connectivity index (χ2n) is 3.99. The number of rotatable bonds is 2. The second kappa shape index (κ2) is 5.15. The molecule has 2 aromatic carbocycles. The van der Waals surface area contributed by atoms with Crippen LogP contribution >= 0.6 is 27.5 Å². The van der Waals surface area contributed by atoms with Gasteiger partial charge in [-0.15, -0.1) is 10.2 Å². The van der Waals surface area contributed by atoms with Crippen molar-refractivity contribution in [1.29, 1.82) is 0 Å². The minimum absolute atomic E-state index is 0.410. The number of nitrogens with zero attached hydrogens (tertiary/aromatic N) is 2. The number of aromatic nitrogens is 2. The van der Waals surface area contributed by atoms with E-state index in [2.05, 4.69) is 31.4 Å². The van der Waals surface area contributed by atoms with Crippen LogP contribution in [-0.2, 0) is 0 Å². The number of hydrogen-bond acceptors (Lipinski definition) is 3. The Balaban J connectivity index is 2.12. The highest BCUT2D eigenvalue weighted by Crippen LogP contribution is 2.30. The summed E-state index contributed by atoms with van der Waals surface area (Å²) in [5.41, 5.74) is 0.935. The first-order chi connectivity index (χ1) is 9.25. The van der Waals surface area contributed by atoms with Gasteiger partial charge in [0.2, 0.25) is 0 Å². The molecule has 3 rings (SSSR count). The highest BCUT2D eigenvalue weighted by molar-refractivity contribution is 9.10. The quantitative estimate of drug-likeness (QED) is 0.732. The molecule has 0 aliphatic carbocycles. The number of benzene rings is 2. The van der Waals surface area contributed by atoms with Gasteiger partial charge in [-0.3, -0.25) is 0 Å². The Morgan fingerprint density at radius 2 is 1.58 bits per heavy atom. The average Bonchev–Trinajstić information content (AvgIpc) is 2.44. The lowest BCUT2D eigenvalue weighted by Gasteiger charge is -2.10. The summed E-state index contributed by atoms with van der Waals surface area (Å²) in [6.07, 6.45) is 0. The maximum atomic E-state index is 6.05. The van der Waals surface area contributed by atoms with E-state index in [1.165, 1.54) is 0 Å². The van der Waals surface area contributed by atoms with Gasteiger partial charge in [0, 0.05) is 15.2 Å². The average molecular weight is 335 g/mol. The van der Waals surface area contributed by atoms with Crippen LogP contribution < -0.4 is 5.32 Å². The summed E-state index contributed by atoms with van der Waals surface area (Å²) < 4.78 is 0.968. The van der Waals surface area contributed by atoms with E-state index >= 15 is 0 Å². The predicted octanol–water partition coefficient (Wildman–Crippen LogP) is 4.79. The van der Waals surface area contributed by atoms with Crippen LogP contribution in [-0.4, -0.2) is 10.2 Å². The van der Waals surface area contributed by atoms with Crippen molar-refractivity contribution in [1.82, 2.24) is 10.2 Å². The third kappa shape index (κ3) is 2.41. The Morgan fingerprint density at radius 1 is 0.895 bits per heavy atom. The van der Waals surface area contributed by atoms with Crippen LogP contribution in [0, 0.1) is 0 Å². The minimum Gasteiger partial charge on any atom is -0.337 e. The molecule has 0 aliphatic heterocycles. The monoisotopic (exact) mass is 333 g/mol. The van der Waals surface area contributed by atoms with Crippen molar-refractivity contribution in [2.45, 2.75) is 0 Å². The van der Waals surface area contributed by atoms with Gasteiger partial charge in [0.05, 0.1) is 5.69 Å². The standard InChI is InChI=1S/C14H9BrClN3/c15-11-7-3-4-8-12(11)17-14-10-6-2-1-5-9(10)13(16)18-19-14/h1-8H,(H,17,19). The summed E-state index contributed by atoms with van der Waals surface area (Å²) in [6, 6.07) is 15.6. The van der Waals surface area contributed by atoms with Gasteiger partial charge >= 0.3 is 0 Å². The zero-order valence-electron chi connectivity index (χ0n) is 9.77. The van der Waals surface area contributed by atoms with Crippen LogP contribution in [0.25, 0.3) is 10.8 Å². The van der Waals surface area contributed by atoms with Crippen LogP contribution in [0.4, 0.5) is 11.5 Å². The summed E-state index contributed by atoms with van der Waals surface area (Å²) in [5, 5.41) is 13.6. The smallest absolute Gasteiger partial charge is 0.161 e. The molecule has 0 saturated carbocycles. The summed E-state index contributed by atoms with van der Waals surface area (Å²) in [7, 11) is 0. The summed E-state index contributed by atoms with van der Waals surface area (Å²) >= 11 is 9.55. The summed E-state index contributed by atoms with van der Waals surface area (Å²) in [6.45, 7) is 0. The lowest BCUT2D eigenvalue weighted by atomic mass is 10.2. The lowest BCUT2D eigenvalue weighted by molar-refractivity contribution is 1.05. The molecular weight excluding hydrogens is 326 g/mol. The highest BCUT2D eigenvalue weighted by atomic mass is 79.9. The molecule has 0 spiro atoms. The fourth-order valence-corrected chi connectivity index (χ4v) is 2.44. The number of hydrogen-bond donors (Lipinski definition) is 1. The molecule has 0 amide bonds. The first kappa shape index (κ1) is 12.4. The number of fused-ring (bicyclic) bond motifs is 1. The Bertz CT molecular complexity index is 746. The van der Waals surface area contributed by atoms with Gasteiger partial charge in [0.15, 0.2) is 11.0 Å². The van der Waals surface area contributed by atoms with Crippen molar-refractivity contribution in [3.8, 4) is 0 Å². The second-order valence-corrected chi connectivity index (χ2v) is 5.20. The Hall–Kier alpha value is -1.65. The van der Waals surface area contributed by atoms with Gasteiger partial charge in [0.1, 0.15) is 0 Å². The molecule has 3 nitrogen and oxygen atoms in total. The number of anilines is 2. The molecule has 0 fully saturated rings. The van der Waals surface area contributed by atoms with E-state index in [-0.39, 0.29) is 0 Å². The van der Waals surface area contributed by atoms with Crippen molar-refractivity contribution in [2.75, 3.05) is 5.32 Å². The zero-order chi connectivity index (χ0) is 13.2. The van der Waals surface area contributed by atoms with Crippen molar-refractivity contribution < 1.29 is 0 Å². The van der Waals surface area contributed by atoms with E-state index in [9.17, 15) is 0 Å². The molecule has 1 aromatic heterocycles. The Labute approximate surface area is 123 Å². The van der Waals surface area contributed by atoms with E-state index in [1.807, 2.05) is 48.5 Å². The van der Waals surface area contributed by atoms with Crippen LogP contribution in [0.3, 0.4) is 0 Å². The van der Waals surface area contributed by atoms with Gasteiger partial charge in [-0.1, -0.05) is 48.0 Å². The third-order valence-electron chi connectivity index (χ3n) is 2.77. The van der Waals surface area contributed by atoms with E-state index in [0.29, 0.717) is 11.0 Å². The first-order valence-electron chi connectivity index (χ1n) is 5.68. The number of halogens is 2. The third-order valence-corrected chi connectivity index (χ3v) is 3.74. The van der Waals surface area contributed by atoms with Crippen molar-refractivity contribution in [2.24, 2.45) is 0 Å². The topological polar surface area (TPSA) is 37.8 Å². The van der Waals surface area contributed by atoms with Crippen LogP contribution in [0.5, 0.6) is 0 Å². The van der Waals surface area contributed by atoms with E-state index in [0.717, 1.165) is 20.9 Å². The fraction of sp³-hybridized carbons (Fsp3) is 0. The van der Waals surface area contributed by atoms with Crippen molar-refractivity contribution in [3.63, 3.8) is 0 Å². The van der Waals surface area contributed by atoms with Gasteiger partial charge in [-0.2, -0.15) is 0 Å². The number of nitrogens with one attached hydrogen (secondary N) is 1. The van der Waals surface area contributed by atoms with Gasteiger partial charge in [-0.05, 0) is 28.1 Å². The van der Waals surface area contributed by atoms with Gasteiger partial charge in [-0.25, -0.2) is 0 Å². The molecule has 0 radical (unpaired) electrons. The van der Waals surface area contributed by atoms with Crippen LogP contribution in [0.15, 0.2) is 53.0 Å². The largest absolute Gasteiger partial charge is 0.337 e. The van der Waals surface area contributed by atoms with E-state index in [4.69, 9.17) is 11.6 Å². The molecule has 0 bridgehead atoms.